The number of aryl methyl sites for hydroxylation is 2. The van der Waals surface area contributed by atoms with E-state index in [2.05, 4.69) is 5.16 Å². The van der Waals surface area contributed by atoms with Crippen LogP contribution in [0, 0.1) is 25.2 Å². The van der Waals surface area contributed by atoms with Gasteiger partial charge in [0, 0.05) is 0 Å². The lowest BCUT2D eigenvalue weighted by atomic mass is 10.2. The van der Waals surface area contributed by atoms with Crippen LogP contribution in [0.1, 0.15) is 17.0 Å². The number of aromatic nitrogens is 1. The zero-order valence-corrected chi connectivity index (χ0v) is 11.1. The van der Waals surface area contributed by atoms with Gasteiger partial charge in [0.15, 0.2) is 16.4 Å². The Morgan fingerprint density at radius 3 is 2.58 bits per heavy atom. The van der Waals surface area contributed by atoms with Crippen molar-refractivity contribution < 1.29 is 17.1 Å². The highest BCUT2D eigenvalue weighted by Crippen LogP contribution is 2.25. The van der Waals surface area contributed by atoms with Crippen molar-refractivity contribution in [1.82, 2.24) is 5.16 Å². The molecule has 6 nitrogen and oxygen atoms in total. The van der Waals surface area contributed by atoms with Crippen molar-refractivity contribution in [2.75, 3.05) is 0 Å². The van der Waals surface area contributed by atoms with Crippen molar-refractivity contribution in [2.45, 2.75) is 18.7 Å². The van der Waals surface area contributed by atoms with Crippen LogP contribution >= 0.6 is 0 Å². The third kappa shape index (κ3) is 2.44. The number of nitriles is 1. The van der Waals surface area contributed by atoms with E-state index in [0.717, 1.165) is 0 Å². The van der Waals surface area contributed by atoms with Gasteiger partial charge in [-0.25, -0.2) is 0 Å². The molecule has 1 aromatic carbocycles. The Labute approximate surface area is 110 Å². The van der Waals surface area contributed by atoms with Gasteiger partial charge in [-0.05, 0) is 26.0 Å². The summed E-state index contributed by atoms with van der Waals surface area (Å²) in [5.74, 6) is 0.122. The minimum Gasteiger partial charge on any atom is -0.377 e. The van der Waals surface area contributed by atoms with Crippen molar-refractivity contribution in [3.63, 3.8) is 0 Å². The number of para-hydroxylation sites is 1. The van der Waals surface area contributed by atoms with Crippen LogP contribution < -0.4 is 4.18 Å². The third-order valence-corrected chi connectivity index (χ3v) is 3.91. The average Bonchev–Trinajstić information content (AvgIpc) is 2.70. The van der Waals surface area contributed by atoms with Gasteiger partial charge in [0.1, 0.15) is 11.8 Å². The van der Waals surface area contributed by atoms with Gasteiger partial charge >= 0.3 is 10.1 Å². The quantitative estimate of drug-likeness (QED) is 0.796. The van der Waals surface area contributed by atoms with Crippen molar-refractivity contribution >= 4 is 10.1 Å². The molecule has 0 fully saturated rings. The Balaban J connectivity index is 2.46. The maximum absolute atomic E-state index is 12.1. The first kappa shape index (κ1) is 13.1. The summed E-state index contributed by atoms with van der Waals surface area (Å²) in [4.78, 5) is -0.111. The van der Waals surface area contributed by atoms with E-state index in [1.807, 2.05) is 6.07 Å². The van der Waals surface area contributed by atoms with E-state index in [4.69, 9.17) is 14.0 Å². The molecule has 1 heterocycles. The van der Waals surface area contributed by atoms with Crippen LogP contribution in [-0.2, 0) is 10.1 Å². The van der Waals surface area contributed by atoms with Crippen LogP contribution in [0.2, 0.25) is 0 Å². The zero-order chi connectivity index (χ0) is 14.0. The molecule has 0 radical (unpaired) electrons. The highest BCUT2D eigenvalue weighted by atomic mass is 32.2. The molecule has 0 saturated carbocycles. The van der Waals surface area contributed by atoms with E-state index in [9.17, 15) is 8.42 Å². The van der Waals surface area contributed by atoms with Crippen molar-refractivity contribution in [2.24, 2.45) is 0 Å². The first-order valence-electron chi connectivity index (χ1n) is 5.32. The average molecular weight is 278 g/mol. The van der Waals surface area contributed by atoms with E-state index >= 15 is 0 Å². The molecule has 0 amide bonds. The van der Waals surface area contributed by atoms with Gasteiger partial charge < -0.3 is 8.71 Å². The number of hydrogen-bond donors (Lipinski definition) is 0. The molecule has 0 atom stereocenters. The molecule has 19 heavy (non-hydrogen) atoms. The Hall–Kier alpha value is -2.33. The molecule has 0 unspecified atom stereocenters. The highest BCUT2D eigenvalue weighted by molar-refractivity contribution is 7.87. The van der Waals surface area contributed by atoms with Gasteiger partial charge in [-0.15, -0.1) is 0 Å². The molecule has 0 spiro atoms. The second kappa shape index (κ2) is 4.74. The first-order chi connectivity index (χ1) is 8.95. The fourth-order valence-corrected chi connectivity index (χ4v) is 2.88. The Bertz CT molecular complexity index is 737. The first-order valence-corrected chi connectivity index (χ1v) is 6.73. The lowest BCUT2D eigenvalue weighted by molar-refractivity contribution is 0.389. The summed E-state index contributed by atoms with van der Waals surface area (Å²) in [6.45, 7) is 2.98. The fraction of sp³-hybridized carbons (Fsp3) is 0.167. The van der Waals surface area contributed by atoms with Crippen LogP contribution in [0.4, 0.5) is 0 Å². The molecule has 7 heteroatoms. The number of benzene rings is 1. The monoisotopic (exact) mass is 278 g/mol. The molecule has 2 aromatic rings. The SMILES string of the molecule is Cc1noc(C)c1S(=O)(=O)Oc1ccccc1C#N. The Morgan fingerprint density at radius 2 is 2.00 bits per heavy atom. The molecular formula is C12H10N2O4S. The Morgan fingerprint density at radius 1 is 1.32 bits per heavy atom. The predicted molar refractivity (Wildman–Crippen MR) is 64.9 cm³/mol. The number of rotatable bonds is 3. The van der Waals surface area contributed by atoms with Gasteiger partial charge in [-0.3, -0.25) is 0 Å². The fourth-order valence-electron chi connectivity index (χ4n) is 1.62. The topological polar surface area (TPSA) is 93.2 Å². The normalized spacial score (nSPS) is 11.0. The molecule has 0 bridgehead atoms. The molecular weight excluding hydrogens is 268 g/mol. The van der Waals surface area contributed by atoms with Gasteiger partial charge in [0.05, 0.1) is 5.56 Å². The van der Waals surface area contributed by atoms with Crippen molar-refractivity contribution in [3.8, 4) is 11.8 Å². The summed E-state index contributed by atoms with van der Waals surface area (Å²) >= 11 is 0. The second-order valence-electron chi connectivity index (χ2n) is 3.80. The summed E-state index contributed by atoms with van der Waals surface area (Å²) in [6, 6.07) is 7.95. The van der Waals surface area contributed by atoms with E-state index in [-0.39, 0.29) is 27.7 Å². The van der Waals surface area contributed by atoms with E-state index in [0.29, 0.717) is 0 Å². The van der Waals surface area contributed by atoms with Crippen LogP contribution in [0.25, 0.3) is 0 Å². The summed E-state index contributed by atoms with van der Waals surface area (Å²) in [5, 5.41) is 12.5. The van der Waals surface area contributed by atoms with Gasteiger partial charge in [0.25, 0.3) is 0 Å². The summed E-state index contributed by atoms with van der Waals surface area (Å²) in [5.41, 5.74) is 0.352. The summed E-state index contributed by atoms with van der Waals surface area (Å²) < 4.78 is 34.1. The van der Waals surface area contributed by atoms with Crippen LogP contribution in [0.15, 0.2) is 33.7 Å². The third-order valence-electron chi connectivity index (χ3n) is 2.42. The van der Waals surface area contributed by atoms with Crippen molar-refractivity contribution in [1.29, 1.82) is 5.26 Å². The minimum atomic E-state index is -4.07. The smallest absolute Gasteiger partial charge is 0.344 e. The highest BCUT2D eigenvalue weighted by Gasteiger charge is 2.27. The van der Waals surface area contributed by atoms with E-state index < -0.39 is 10.1 Å². The molecule has 0 saturated heterocycles. The maximum Gasteiger partial charge on any atom is 0.344 e. The van der Waals surface area contributed by atoms with Gasteiger partial charge in [0.2, 0.25) is 0 Å². The predicted octanol–water partition coefficient (Wildman–Crippen LogP) is 1.93. The molecule has 0 aliphatic heterocycles. The molecule has 0 aliphatic carbocycles. The standard InChI is InChI=1S/C12H10N2O4S/c1-8-12(9(2)17-14-8)19(15,16)18-11-6-4-3-5-10(11)7-13/h3-6H,1-2H3. The maximum atomic E-state index is 12.1. The van der Waals surface area contributed by atoms with Crippen molar-refractivity contribution in [3.05, 3.63) is 41.3 Å². The van der Waals surface area contributed by atoms with Gasteiger partial charge in [-0.1, -0.05) is 17.3 Å². The summed E-state index contributed by atoms with van der Waals surface area (Å²) in [6.07, 6.45) is 0. The second-order valence-corrected chi connectivity index (χ2v) is 5.28. The molecule has 0 aliphatic rings. The molecule has 0 N–H and O–H groups in total. The van der Waals surface area contributed by atoms with Gasteiger partial charge in [-0.2, -0.15) is 13.7 Å². The van der Waals surface area contributed by atoms with Crippen LogP contribution in [0.3, 0.4) is 0 Å². The lowest BCUT2D eigenvalue weighted by Crippen LogP contribution is -2.12. The van der Waals surface area contributed by atoms with E-state index in [1.165, 1.54) is 26.0 Å². The number of nitrogens with zero attached hydrogens (tertiary/aromatic N) is 2. The van der Waals surface area contributed by atoms with E-state index in [1.54, 1.807) is 12.1 Å². The minimum absolute atomic E-state index is 0.0231. The largest absolute Gasteiger partial charge is 0.377 e. The zero-order valence-electron chi connectivity index (χ0n) is 10.2. The summed E-state index contributed by atoms with van der Waals surface area (Å²) in [7, 11) is -4.07. The Kier molecular flexibility index (Phi) is 3.27. The molecule has 98 valence electrons. The molecule has 2 rings (SSSR count). The van der Waals surface area contributed by atoms with Crippen LogP contribution in [0.5, 0.6) is 5.75 Å². The van der Waals surface area contributed by atoms with Crippen LogP contribution in [-0.4, -0.2) is 13.6 Å². The molecule has 1 aromatic heterocycles. The lowest BCUT2D eigenvalue weighted by Gasteiger charge is -2.07. The number of hydrogen-bond acceptors (Lipinski definition) is 6.